The van der Waals surface area contributed by atoms with E-state index in [1.54, 1.807) is 26.0 Å². The van der Waals surface area contributed by atoms with E-state index >= 15 is 0 Å². The van der Waals surface area contributed by atoms with Crippen molar-refractivity contribution in [2.24, 2.45) is 0 Å². The van der Waals surface area contributed by atoms with Gasteiger partial charge in [0.1, 0.15) is 17.1 Å². The molecule has 0 saturated heterocycles. The Morgan fingerprint density at radius 2 is 1.27 bits per heavy atom. The lowest BCUT2D eigenvalue weighted by Gasteiger charge is -2.37. The number of rotatable bonds is 3. The molecule has 0 spiro atoms. The molecule has 4 heteroatoms. The molecular formula is C22H20O3S. The first kappa shape index (κ1) is 17.0. The molecule has 0 radical (unpaired) electrons. The molecule has 0 aromatic heterocycles. The maximum atomic E-state index is 12.0. The fourth-order valence-corrected chi connectivity index (χ4v) is 4.63. The van der Waals surface area contributed by atoms with Crippen LogP contribution in [0.3, 0.4) is 0 Å². The van der Waals surface area contributed by atoms with E-state index in [-0.39, 0.29) is 0 Å². The van der Waals surface area contributed by atoms with Gasteiger partial charge in [0.25, 0.3) is 0 Å². The van der Waals surface area contributed by atoms with E-state index in [1.807, 2.05) is 67.6 Å². The molecular weight excluding hydrogens is 344 g/mol. The lowest BCUT2D eigenvalue weighted by Crippen LogP contribution is -2.32. The van der Waals surface area contributed by atoms with Crippen LogP contribution < -0.4 is 9.47 Å². The highest BCUT2D eigenvalue weighted by atomic mass is 32.2. The highest BCUT2D eigenvalue weighted by Gasteiger charge is 2.41. The second-order valence-corrected chi connectivity index (χ2v) is 7.49. The summed E-state index contributed by atoms with van der Waals surface area (Å²) in [6, 6.07) is 19.7. The van der Waals surface area contributed by atoms with Crippen molar-refractivity contribution >= 4 is 11.8 Å². The molecule has 1 N–H and O–H groups in total. The van der Waals surface area contributed by atoms with Crippen LogP contribution in [0.1, 0.15) is 22.3 Å². The SMILES string of the molecule is COc1ccc2c(c1)Sc1cc(OC)ccc1C2(O)c1ccc(C)cc1. The van der Waals surface area contributed by atoms with Gasteiger partial charge in [0.15, 0.2) is 0 Å². The first-order valence-electron chi connectivity index (χ1n) is 8.40. The van der Waals surface area contributed by atoms with Crippen LogP contribution in [0.15, 0.2) is 70.5 Å². The van der Waals surface area contributed by atoms with Crippen molar-refractivity contribution < 1.29 is 14.6 Å². The van der Waals surface area contributed by atoms with Crippen molar-refractivity contribution in [1.82, 2.24) is 0 Å². The predicted octanol–water partition coefficient (Wildman–Crippen LogP) is 4.76. The average Bonchev–Trinajstić information content (AvgIpc) is 2.67. The second kappa shape index (κ2) is 6.38. The van der Waals surface area contributed by atoms with E-state index in [0.29, 0.717) is 0 Å². The summed E-state index contributed by atoms with van der Waals surface area (Å²) in [6.45, 7) is 2.04. The minimum atomic E-state index is -1.22. The summed E-state index contributed by atoms with van der Waals surface area (Å²) in [7, 11) is 3.30. The number of ether oxygens (including phenoxy) is 2. The van der Waals surface area contributed by atoms with E-state index in [2.05, 4.69) is 0 Å². The van der Waals surface area contributed by atoms with Crippen LogP contribution in [0.2, 0.25) is 0 Å². The van der Waals surface area contributed by atoms with Gasteiger partial charge in [-0.3, -0.25) is 0 Å². The summed E-state index contributed by atoms with van der Waals surface area (Å²) in [5, 5.41) is 12.0. The van der Waals surface area contributed by atoms with Crippen molar-refractivity contribution in [2.45, 2.75) is 22.3 Å². The van der Waals surface area contributed by atoms with Crippen LogP contribution in [-0.4, -0.2) is 19.3 Å². The molecule has 0 aliphatic carbocycles. The summed E-state index contributed by atoms with van der Waals surface area (Å²) < 4.78 is 10.8. The Hall–Kier alpha value is -2.43. The Bertz CT molecular complexity index is 910. The Morgan fingerprint density at radius 3 is 1.73 bits per heavy atom. The third-order valence-electron chi connectivity index (χ3n) is 4.85. The van der Waals surface area contributed by atoms with E-state index in [1.165, 1.54) is 0 Å². The van der Waals surface area contributed by atoms with Gasteiger partial charge in [0.05, 0.1) is 14.2 Å². The molecule has 0 saturated carbocycles. The average molecular weight is 364 g/mol. The van der Waals surface area contributed by atoms with Crippen molar-refractivity contribution in [3.05, 3.63) is 82.9 Å². The van der Waals surface area contributed by atoms with E-state index < -0.39 is 5.60 Å². The van der Waals surface area contributed by atoms with Crippen LogP contribution in [-0.2, 0) is 5.60 Å². The van der Waals surface area contributed by atoms with E-state index in [4.69, 9.17) is 9.47 Å². The van der Waals surface area contributed by atoms with Gasteiger partial charge < -0.3 is 14.6 Å². The number of fused-ring (bicyclic) bond motifs is 2. The molecule has 4 rings (SSSR count). The van der Waals surface area contributed by atoms with Gasteiger partial charge in [0, 0.05) is 20.9 Å². The Labute approximate surface area is 157 Å². The molecule has 3 aromatic rings. The third kappa shape index (κ3) is 2.57. The molecule has 1 aliphatic heterocycles. The molecule has 0 atom stereocenters. The van der Waals surface area contributed by atoms with Gasteiger partial charge in [-0.25, -0.2) is 0 Å². The highest BCUT2D eigenvalue weighted by Crippen LogP contribution is 2.52. The van der Waals surface area contributed by atoms with Crippen molar-refractivity contribution in [1.29, 1.82) is 0 Å². The monoisotopic (exact) mass is 364 g/mol. The fourth-order valence-electron chi connectivity index (χ4n) is 3.40. The first-order valence-corrected chi connectivity index (χ1v) is 9.22. The Balaban J connectivity index is 1.99. The molecule has 132 valence electrons. The van der Waals surface area contributed by atoms with Crippen molar-refractivity contribution in [3.63, 3.8) is 0 Å². The van der Waals surface area contributed by atoms with E-state index in [9.17, 15) is 5.11 Å². The topological polar surface area (TPSA) is 38.7 Å². The molecule has 1 aliphatic rings. The molecule has 3 nitrogen and oxygen atoms in total. The van der Waals surface area contributed by atoms with Crippen molar-refractivity contribution in [2.75, 3.05) is 14.2 Å². The van der Waals surface area contributed by atoms with E-state index in [0.717, 1.165) is 43.5 Å². The lowest BCUT2D eigenvalue weighted by atomic mass is 9.79. The summed E-state index contributed by atoms with van der Waals surface area (Å²) in [6.07, 6.45) is 0. The maximum absolute atomic E-state index is 12.0. The largest absolute Gasteiger partial charge is 0.497 e. The minimum absolute atomic E-state index is 0.772. The Kier molecular flexibility index (Phi) is 4.17. The number of aryl methyl sites for hydroxylation is 1. The summed E-state index contributed by atoms with van der Waals surface area (Å²) >= 11 is 1.62. The number of methoxy groups -OCH3 is 2. The van der Waals surface area contributed by atoms with Crippen LogP contribution >= 0.6 is 11.8 Å². The number of benzene rings is 3. The number of hydrogen-bond acceptors (Lipinski definition) is 4. The van der Waals surface area contributed by atoms with Gasteiger partial charge in [-0.05, 0) is 36.8 Å². The van der Waals surface area contributed by atoms with Gasteiger partial charge in [0.2, 0.25) is 0 Å². The molecule has 1 heterocycles. The predicted molar refractivity (Wildman–Crippen MR) is 103 cm³/mol. The second-order valence-electron chi connectivity index (χ2n) is 6.40. The molecule has 26 heavy (non-hydrogen) atoms. The van der Waals surface area contributed by atoms with Crippen LogP contribution in [0.25, 0.3) is 0 Å². The normalized spacial score (nSPS) is 14.3. The van der Waals surface area contributed by atoms with Gasteiger partial charge in [-0.15, -0.1) is 0 Å². The molecule has 0 amide bonds. The lowest BCUT2D eigenvalue weighted by molar-refractivity contribution is 0.118. The van der Waals surface area contributed by atoms with Crippen LogP contribution in [0.5, 0.6) is 11.5 Å². The highest BCUT2D eigenvalue weighted by molar-refractivity contribution is 7.99. The van der Waals surface area contributed by atoms with Gasteiger partial charge in [-0.1, -0.05) is 53.7 Å². The Morgan fingerprint density at radius 1 is 0.769 bits per heavy atom. The van der Waals surface area contributed by atoms with Gasteiger partial charge >= 0.3 is 0 Å². The quantitative estimate of drug-likeness (QED) is 0.727. The number of hydrogen-bond donors (Lipinski definition) is 1. The zero-order valence-corrected chi connectivity index (χ0v) is 15.8. The molecule has 0 unspecified atom stereocenters. The molecule has 0 fully saturated rings. The molecule has 3 aromatic carbocycles. The number of aliphatic hydroxyl groups is 1. The maximum Gasteiger partial charge on any atom is 0.142 e. The summed E-state index contributed by atoms with van der Waals surface area (Å²) in [5.41, 5.74) is 2.52. The van der Waals surface area contributed by atoms with Crippen molar-refractivity contribution in [3.8, 4) is 11.5 Å². The zero-order valence-electron chi connectivity index (χ0n) is 14.9. The smallest absolute Gasteiger partial charge is 0.142 e. The van der Waals surface area contributed by atoms with Gasteiger partial charge in [-0.2, -0.15) is 0 Å². The molecule has 0 bridgehead atoms. The third-order valence-corrected chi connectivity index (χ3v) is 5.96. The zero-order chi connectivity index (χ0) is 18.3. The van der Waals surface area contributed by atoms with Crippen LogP contribution in [0.4, 0.5) is 0 Å². The fraction of sp³-hybridized carbons (Fsp3) is 0.182. The first-order chi connectivity index (χ1) is 12.6. The standard InChI is InChI=1S/C22H20O3S/c1-14-4-6-15(7-5-14)22(23)18-10-8-16(24-2)12-20(18)26-21-13-17(25-3)9-11-19(21)22/h4-13,23H,1-3H3. The summed E-state index contributed by atoms with van der Waals surface area (Å²) in [5.74, 6) is 1.54. The minimum Gasteiger partial charge on any atom is -0.497 e. The summed E-state index contributed by atoms with van der Waals surface area (Å²) in [4.78, 5) is 1.96. The van der Waals surface area contributed by atoms with Crippen LogP contribution in [0, 0.1) is 6.92 Å².